The van der Waals surface area contributed by atoms with Crippen LogP contribution in [0.5, 0.6) is 0 Å². The van der Waals surface area contributed by atoms with Crippen molar-refractivity contribution in [2.45, 2.75) is 365 Å². The van der Waals surface area contributed by atoms with Gasteiger partial charge in [0.1, 0.15) is 24.4 Å². The topological polar surface area (TPSA) is 175 Å². The van der Waals surface area contributed by atoms with E-state index >= 15 is 0 Å². The van der Waals surface area contributed by atoms with Gasteiger partial charge in [-0.2, -0.15) is 0 Å². The summed E-state index contributed by atoms with van der Waals surface area (Å²) in [5.74, 6) is -0.194. The van der Waals surface area contributed by atoms with Gasteiger partial charge in [0.05, 0.1) is 32.0 Å². The fraction of sp³-hybridized carbons (Fsp3) is 0.833. The maximum Gasteiger partial charge on any atom is 0.305 e. The first-order chi connectivity index (χ1) is 40.7. The molecule has 1 rings (SSSR count). The van der Waals surface area contributed by atoms with Gasteiger partial charge in [-0.05, 0) is 89.9 Å². The van der Waals surface area contributed by atoms with Crippen LogP contribution in [0.15, 0.2) is 60.8 Å². The number of carbonyl (C=O) groups is 2. The van der Waals surface area contributed by atoms with Crippen molar-refractivity contribution < 1.29 is 49.3 Å². The highest BCUT2D eigenvalue weighted by atomic mass is 16.7. The Balaban J connectivity index is 2.00. The third-order valence-corrected chi connectivity index (χ3v) is 16.3. The Morgan fingerprint density at radius 3 is 1.27 bits per heavy atom. The van der Waals surface area contributed by atoms with E-state index in [2.05, 4.69) is 67.8 Å². The minimum atomic E-state index is -1.57. The van der Waals surface area contributed by atoms with Crippen LogP contribution in [0.2, 0.25) is 0 Å². The highest BCUT2D eigenvalue weighted by molar-refractivity contribution is 5.76. The van der Waals surface area contributed by atoms with Crippen molar-refractivity contribution in [2.75, 3.05) is 19.8 Å². The molecule has 1 fully saturated rings. The molecular weight excluding hydrogens is 1040 g/mol. The molecule has 0 aromatic heterocycles. The minimum absolute atomic E-state index is 0.0124. The lowest BCUT2D eigenvalue weighted by Gasteiger charge is -2.40. The maximum absolute atomic E-state index is 13.1. The maximum atomic E-state index is 13.1. The number of rotatable bonds is 61. The van der Waals surface area contributed by atoms with E-state index < -0.39 is 49.5 Å². The third-order valence-electron chi connectivity index (χ3n) is 16.3. The van der Waals surface area contributed by atoms with Gasteiger partial charge >= 0.3 is 5.97 Å². The molecule has 484 valence electrons. The summed E-state index contributed by atoms with van der Waals surface area (Å²) in [7, 11) is 0. The lowest BCUT2D eigenvalue weighted by atomic mass is 9.99. The highest BCUT2D eigenvalue weighted by Crippen LogP contribution is 2.23. The number of aliphatic hydroxyl groups is 5. The fourth-order valence-corrected chi connectivity index (χ4v) is 10.8. The van der Waals surface area contributed by atoms with Crippen LogP contribution < -0.4 is 5.32 Å². The van der Waals surface area contributed by atoms with Gasteiger partial charge in [0.25, 0.3) is 0 Å². The van der Waals surface area contributed by atoms with Gasteiger partial charge in [-0.1, -0.05) is 280 Å². The zero-order chi connectivity index (χ0) is 60.2. The molecule has 7 atom stereocenters. The standard InChI is InChI=1S/C72H131NO10/c1-3-5-7-9-11-13-15-34-38-42-46-50-54-58-65(75)64(63-82-72-71(80)70(79)69(78)66(62-74)83-72)73-67(76)59-55-51-47-43-39-36-32-30-28-26-24-22-20-18-17-19-21-23-25-27-29-31-33-37-41-45-49-53-57-61-81-68(77)60-56-52-48-44-40-35-16-14-12-10-8-6-4-2/h8,10,14,16-17,19,23,25,54,58,64-66,69-72,74-75,78-80H,3-7,9,11-13,15,18,20-22,24,26-53,55-57,59-63H2,1-2H3,(H,73,76)/b10-8-,16-14-,19-17-,25-23-,58-54+. The van der Waals surface area contributed by atoms with E-state index in [-0.39, 0.29) is 18.5 Å². The lowest BCUT2D eigenvalue weighted by Crippen LogP contribution is -2.60. The monoisotopic (exact) mass is 1170 g/mol. The predicted molar refractivity (Wildman–Crippen MR) is 347 cm³/mol. The van der Waals surface area contributed by atoms with Crippen molar-refractivity contribution >= 4 is 11.9 Å². The largest absolute Gasteiger partial charge is 0.466 e. The van der Waals surface area contributed by atoms with Crippen LogP contribution in [0.1, 0.15) is 322 Å². The van der Waals surface area contributed by atoms with Crippen LogP contribution in [-0.2, 0) is 23.8 Å². The first-order valence-corrected chi connectivity index (χ1v) is 35.1. The van der Waals surface area contributed by atoms with Crippen LogP contribution >= 0.6 is 0 Å². The molecule has 1 aliphatic rings. The van der Waals surface area contributed by atoms with E-state index in [0.29, 0.717) is 19.4 Å². The number of hydrogen-bond donors (Lipinski definition) is 6. The second-order valence-electron chi connectivity index (χ2n) is 24.2. The average Bonchev–Trinajstić information content (AvgIpc) is 3.62. The number of carbonyl (C=O) groups excluding carboxylic acids is 2. The second kappa shape index (κ2) is 61.0. The molecule has 7 unspecified atom stereocenters. The Bertz CT molecular complexity index is 1560. The summed E-state index contributed by atoms with van der Waals surface area (Å²) in [5, 5.41) is 54.5. The number of unbranched alkanes of at least 4 members (excludes halogenated alkanes) is 39. The molecule has 0 saturated carbocycles. The van der Waals surface area contributed by atoms with Gasteiger partial charge in [0.15, 0.2) is 6.29 Å². The molecule has 0 aromatic rings. The zero-order valence-electron chi connectivity index (χ0n) is 53.7. The molecule has 0 radical (unpaired) electrons. The van der Waals surface area contributed by atoms with Gasteiger partial charge in [0, 0.05) is 12.8 Å². The average molecular weight is 1170 g/mol. The number of nitrogens with one attached hydrogen (secondary N) is 1. The van der Waals surface area contributed by atoms with Gasteiger partial charge < -0.3 is 45.1 Å². The van der Waals surface area contributed by atoms with Crippen molar-refractivity contribution in [1.29, 1.82) is 0 Å². The molecular formula is C72H131NO10. The number of esters is 1. The van der Waals surface area contributed by atoms with E-state index in [9.17, 15) is 35.1 Å². The van der Waals surface area contributed by atoms with Gasteiger partial charge in [-0.3, -0.25) is 9.59 Å². The molecule has 1 saturated heterocycles. The Morgan fingerprint density at radius 1 is 0.446 bits per heavy atom. The van der Waals surface area contributed by atoms with Crippen LogP contribution in [-0.4, -0.2) is 100 Å². The van der Waals surface area contributed by atoms with E-state index in [1.165, 1.54) is 212 Å². The van der Waals surface area contributed by atoms with Crippen molar-refractivity contribution in [2.24, 2.45) is 0 Å². The van der Waals surface area contributed by atoms with Crippen LogP contribution in [0.3, 0.4) is 0 Å². The Morgan fingerprint density at radius 2 is 0.831 bits per heavy atom. The van der Waals surface area contributed by atoms with Crippen molar-refractivity contribution in [3.05, 3.63) is 60.8 Å². The van der Waals surface area contributed by atoms with Crippen molar-refractivity contribution in [3.8, 4) is 0 Å². The van der Waals surface area contributed by atoms with Crippen LogP contribution in [0.4, 0.5) is 0 Å². The molecule has 6 N–H and O–H groups in total. The molecule has 1 aliphatic heterocycles. The summed E-state index contributed by atoms with van der Waals surface area (Å²) < 4.78 is 16.7. The number of aliphatic hydroxyl groups excluding tert-OH is 5. The summed E-state index contributed by atoms with van der Waals surface area (Å²) in [6.45, 7) is 4.29. The molecule has 0 aromatic carbocycles. The molecule has 0 aliphatic carbocycles. The van der Waals surface area contributed by atoms with E-state index in [1.54, 1.807) is 6.08 Å². The Hall–Kier alpha value is -2.64. The zero-order valence-corrected chi connectivity index (χ0v) is 53.7. The fourth-order valence-electron chi connectivity index (χ4n) is 10.8. The van der Waals surface area contributed by atoms with Gasteiger partial charge in [-0.15, -0.1) is 0 Å². The minimum Gasteiger partial charge on any atom is -0.466 e. The normalized spacial score (nSPS) is 18.5. The molecule has 0 spiro atoms. The highest BCUT2D eigenvalue weighted by Gasteiger charge is 2.44. The van der Waals surface area contributed by atoms with Crippen molar-refractivity contribution in [3.63, 3.8) is 0 Å². The van der Waals surface area contributed by atoms with E-state index in [4.69, 9.17) is 14.2 Å². The second-order valence-corrected chi connectivity index (χ2v) is 24.2. The molecule has 83 heavy (non-hydrogen) atoms. The van der Waals surface area contributed by atoms with Crippen molar-refractivity contribution in [1.82, 2.24) is 5.32 Å². The first-order valence-electron chi connectivity index (χ1n) is 35.1. The van der Waals surface area contributed by atoms with E-state index in [0.717, 1.165) is 83.5 Å². The van der Waals surface area contributed by atoms with Gasteiger partial charge in [0.2, 0.25) is 5.91 Å². The molecule has 0 bridgehead atoms. The quantitative estimate of drug-likeness (QED) is 0.0195. The summed E-state index contributed by atoms with van der Waals surface area (Å²) in [6.07, 6.45) is 70.5. The summed E-state index contributed by atoms with van der Waals surface area (Å²) in [5.41, 5.74) is 0. The molecule has 1 amide bonds. The van der Waals surface area contributed by atoms with Gasteiger partial charge in [-0.25, -0.2) is 0 Å². The predicted octanol–water partition coefficient (Wildman–Crippen LogP) is 17.7. The lowest BCUT2D eigenvalue weighted by molar-refractivity contribution is -0.302. The Kier molecular flexibility index (Phi) is 57.6. The molecule has 1 heterocycles. The summed E-state index contributed by atoms with van der Waals surface area (Å²) in [6, 6.07) is -0.812. The number of ether oxygens (including phenoxy) is 3. The smallest absolute Gasteiger partial charge is 0.305 e. The van der Waals surface area contributed by atoms with Crippen LogP contribution in [0.25, 0.3) is 0 Å². The van der Waals surface area contributed by atoms with Crippen LogP contribution in [0, 0.1) is 0 Å². The number of amides is 1. The molecule has 11 nitrogen and oxygen atoms in total. The number of allylic oxidation sites excluding steroid dienone is 9. The molecule has 11 heteroatoms. The third kappa shape index (κ3) is 50.1. The number of hydrogen-bond acceptors (Lipinski definition) is 10. The first kappa shape index (κ1) is 78.4. The van der Waals surface area contributed by atoms with E-state index in [1.807, 2.05) is 6.08 Å². The summed E-state index contributed by atoms with van der Waals surface area (Å²) >= 11 is 0. The SMILES string of the molecule is CCC/C=C\C/C=C\CCCCCCCC(=O)OCCCCCCCCCCC/C=C\C/C=C\CCCCCCCCCCCCCCCC(=O)NC(COC1OC(CO)C(O)C(O)C1O)C(O)/C=C/CCCCCCCCCCCCC. The Labute approximate surface area is 509 Å². The summed E-state index contributed by atoms with van der Waals surface area (Å²) in [4.78, 5) is 25.1.